The number of hydrogen-bond acceptors (Lipinski definition) is 3. The standard InChI is InChI=1S/C16H18BrNOS/c1-11(12-6-8-20-10-12)18-15-3-2-7-19-16-9-13(17)4-5-14(15)16/h4-6,8-11,15,18H,2-3,7H2,1H3. The SMILES string of the molecule is CC(NC1CCCOc2cc(Br)ccc21)c1ccsc1. The Bertz CT molecular complexity index is 570. The Morgan fingerprint density at radius 2 is 2.30 bits per heavy atom. The van der Waals surface area contributed by atoms with Crippen molar-refractivity contribution in [2.45, 2.75) is 31.8 Å². The second-order valence-corrected chi connectivity index (χ2v) is 6.87. The smallest absolute Gasteiger partial charge is 0.125 e. The van der Waals surface area contributed by atoms with Crippen LogP contribution in [0.3, 0.4) is 0 Å². The summed E-state index contributed by atoms with van der Waals surface area (Å²) in [7, 11) is 0. The van der Waals surface area contributed by atoms with E-state index in [0.29, 0.717) is 12.1 Å². The molecule has 0 fully saturated rings. The van der Waals surface area contributed by atoms with Gasteiger partial charge in [0.1, 0.15) is 5.75 Å². The van der Waals surface area contributed by atoms with Crippen molar-refractivity contribution in [1.82, 2.24) is 5.32 Å². The minimum Gasteiger partial charge on any atom is -0.493 e. The summed E-state index contributed by atoms with van der Waals surface area (Å²) in [5.74, 6) is 1.01. The summed E-state index contributed by atoms with van der Waals surface area (Å²) in [5.41, 5.74) is 2.63. The number of thiophene rings is 1. The summed E-state index contributed by atoms with van der Waals surface area (Å²) in [6.07, 6.45) is 2.20. The molecule has 1 aliphatic heterocycles. The average molecular weight is 352 g/mol. The van der Waals surface area contributed by atoms with Crippen molar-refractivity contribution in [2.24, 2.45) is 0 Å². The summed E-state index contributed by atoms with van der Waals surface area (Å²) >= 11 is 5.27. The highest BCUT2D eigenvalue weighted by Crippen LogP contribution is 2.35. The molecule has 2 nitrogen and oxygen atoms in total. The second-order valence-electron chi connectivity index (χ2n) is 5.17. The first kappa shape index (κ1) is 14.1. The molecule has 4 heteroatoms. The summed E-state index contributed by atoms with van der Waals surface area (Å²) in [5, 5.41) is 8.10. The van der Waals surface area contributed by atoms with Gasteiger partial charge < -0.3 is 10.1 Å². The Kier molecular flexibility index (Phi) is 4.44. The number of fused-ring (bicyclic) bond motifs is 1. The highest BCUT2D eigenvalue weighted by atomic mass is 79.9. The average Bonchev–Trinajstić information content (AvgIpc) is 2.90. The second kappa shape index (κ2) is 6.29. The van der Waals surface area contributed by atoms with E-state index in [1.54, 1.807) is 11.3 Å². The van der Waals surface area contributed by atoms with Crippen LogP contribution >= 0.6 is 27.3 Å². The van der Waals surface area contributed by atoms with E-state index in [0.717, 1.165) is 29.7 Å². The maximum absolute atomic E-state index is 5.86. The molecule has 2 heterocycles. The predicted octanol–water partition coefficient (Wildman–Crippen LogP) is 5.08. The molecule has 1 aromatic carbocycles. The van der Waals surface area contributed by atoms with Crippen LogP contribution in [-0.2, 0) is 0 Å². The predicted molar refractivity (Wildman–Crippen MR) is 87.5 cm³/mol. The fourth-order valence-electron chi connectivity index (χ4n) is 2.64. The molecule has 106 valence electrons. The van der Waals surface area contributed by atoms with Gasteiger partial charge in [-0.2, -0.15) is 11.3 Å². The number of ether oxygens (including phenoxy) is 1. The molecule has 0 radical (unpaired) electrons. The monoisotopic (exact) mass is 351 g/mol. The van der Waals surface area contributed by atoms with Gasteiger partial charge in [-0.15, -0.1) is 0 Å². The number of benzene rings is 1. The fourth-order valence-corrected chi connectivity index (χ4v) is 3.73. The highest BCUT2D eigenvalue weighted by Gasteiger charge is 2.21. The van der Waals surface area contributed by atoms with Gasteiger partial charge in [-0.1, -0.05) is 22.0 Å². The molecule has 0 saturated heterocycles. The van der Waals surface area contributed by atoms with Gasteiger partial charge in [0.15, 0.2) is 0 Å². The molecule has 2 aromatic rings. The van der Waals surface area contributed by atoms with Gasteiger partial charge in [0, 0.05) is 22.1 Å². The first-order valence-corrected chi connectivity index (χ1v) is 8.68. The highest BCUT2D eigenvalue weighted by molar-refractivity contribution is 9.10. The van der Waals surface area contributed by atoms with Crippen molar-refractivity contribution in [2.75, 3.05) is 6.61 Å². The summed E-state index contributed by atoms with van der Waals surface area (Å²) in [6.45, 7) is 3.03. The van der Waals surface area contributed by atoms with Crippen LogP contribution in [0.1, 0.15) is 43.0 Å². The van der Waals surface area contributed by atoms with E-state index in [-0.39, 0.29) is 0 Å². The third kappa shape index (κ3) is 3.08. The van der Waals surface area contributed by atoms with Gasteiger partial charge in [-0.25, -0.2) is 0 Å². The molecule has 3 rings (SSSR count). The molecular formula is C16H18BrNOS. The maximum atomic E-state index is 5.86. The Balaban J connectivity index is 1.83. The first-order chi connectivity index (χ1) is 9.74. The van der Waals surface area contributed by atoms with Crippen LogP contribution in [0.25, 0.3) is 0 Å². The van der Waals surface area contributed by atoms with Crippen LogP contribution in [0, 0.1) is 0 Å². The van der Waals surface area contributed by atoms with E-state index < -0.39 is 0 Å². The number of nitrogens with one attached hydrogen (secondary N) is 1. The van der Waals surface area contributed by atoms with Crippen LogP contribution in [0.2, 0.25) is 0 Å². The van der Waals surface area contributed by atoms with Gasteiger partial charge in [-0.05, 0) is 54.3 Å². The van der Waals surface area contributed by atoms with Crippen LogP contribution in [0.15, 0.2) is 39.5 Å². The van der Waals surface area contributed by atoms with E-state index in [1.807, 2.05) is 0 Å². The topological polar surface area (TPSA) is 21.3 Å². The Morgan fingerprint density at radius 1 is 1.40 bits per heavy atom. The summed E-state index contributed by atoms with van der Waals surface area (Å²) in [6, 6.07) is 9.25. The van der Waals surface area contributed by atoms with Crippen LogP contribution in [0.4, 0.5) is 0 Å². The lowest BCUT2D eigenvalue weighted by atomic mass is 10.0. The number of rotatable bonds is 3. The van der Waals surface area contributed by atoms with Crippen LogP contribution in [0.5, 0.6) is 5.75 Å². The molecular weight excluding hydrogens is 334 g/mol. The number of halogens is 1. The molecule has 20 heavy (non-hydrogen) atoms. The zero-order chi connectivity index (χ0) is 13.9. The Morgan fingerprint density at radius 3 is 3.10 bits per heavy atom. The van der Waals surface area contributed by atoms with Crippen molar-refractivity contribution in [3.63, 3.8) is 0 Å². The van der Waals surface area contributed by atoms with E-state index in [9.17, 15) is 0 Å². The third-order valence-electron chi connectivity index (χ3n) is 3.74. The molecule has 1 aromatic heterocycles. The molecule has 2 unspecified atom stereocenters. The first-order valence-electron chi connectivity index (χ1n) is 6.94. The lowest BCUT2D eigenvalue weighted by Crippen LogP contribution is -2.24. The van der Waals surface area contributed by atoms with Crippen molar-refractivity contribution < 1.29 is 4.74 Å². The van der Waals surface area contributed by atoms with Crippen molar-refractivity contribution in [3.05, 3.63) is 50.6 Å². The van der Waals surface area contributed by atoms with E-state index >= 15 is 0 Å². The lowest BCUT2D eigenvalue weighted by Gasteiger charge is -2.23. The van der Waals surface area contributed by atoms with Crippen molar-refractivity contribution in [1.29, 1.82) is 0 Å². The zero-order valence-electron chi connectivity index (χ0n) is 11.4. The molecule has 0 spiro atoms. The van der Waals surface area contributed by atoms with Gasteiger partial charge in [0.25, 0.3) is 0 Å². The molecule has 0 amide bonds. The van der Waals surface area contributed by atoms with Gasteiger partial charge >= 0.3 is 0 Å². The molecule has 0 bridgehead atoms. The molecule has 0 aliphatic carbocycles. The van der Waals surface area contributed by atoms with Crippen molar-refractivity contribution >= 4 is 27.3 Å². The largest absolute Gasteiger partial charge is 0.493 e. The zero-order valence-corrected chi connectivity index (χ0v) is 13.8. The molecule has 1 N–H and O–H groups in total. The molecule has 0 saturated carbocycles. The van der Waals surface area contributed by atoms with Gasteiger partial charge in [0.2, 0.25) is 0 Å². The van der Waals surface area contributed by atoms with Crippen molar-refractivity contribution in [3.8, 4) is 5.75 Å². The minimum absolute atomic E-state index is 0.357. The molecule has 1 aliphatic rings. The minimum atomic E-state index is 0.357. The van der Waals surface area contributed by atoms with E-state index in [1.165, 1.54) is 11.1 Å². The summed E-state index contributed by atoms with van der Waals surface area (Å²) < 4.78 is 6.94. The normalized spacial score (nSPS) is 19.8. The third-order valence-corrected chi connectivity index (χ3v) is 4.93. The summed E-state index contributed by atoms with van der Waals surface area (Å²) in [4.78, 5) is 0. The van der Waals surface area contributed by atoms with Gasteiger partial charge in [0.05, 0.1) is 6.61 Å². The number of hydrogen-bond donors (Lipinski definition) is 1. The van der Waals surface area contributed by atoms with Gasteiger partial charge in [-0.3, -0.25) is 0 Å². The fraction of sp³-hybridized carbons (Fsp3) is 0.375. The lowest BCUT2D eigenvalue weighted by molar-refractivity contribution is 0.314. The Hall–Kier alpha value is -0.840. The Labute approximate surface area is 132 Å². The maximum Gasteiger partial charge on any atom is 0.125 e. The van der Waals surface area contributed by atoms with E-state index in [4.69, 9.17) is 4.74 Å². The van der Waals surface area contributed by atoms with E-state index in [2.05, 4.69) is 63.2 Å². The molecule has 2 atom stereocenters. The van der Waals surface area contributed by atoms with Crippen LogP contribution in [-0.4, -0.2) is 6.61 Å². The quantitative estimate of drug-likeness (QED) is 0.832. The van der Waals surface area contributed by atoms with Crippen LogP contribution < -0.4 is 10.1 Å².